The maximum Gasteiger partial charge on any atom is 0.289 e. The molecule has 0 saturated carbocycles. The molecule has 0 aliphatic carbocycles. The summed E-state index contributed by atoms with van der Waals surface area (Å²) in [5.74, 6) is 0.0731. The van der Waals surface area contributed by atoms with Gasteiger partial charge in [-0.3, -0.25) is 19.1 Å². The predicted molar refractivity (Wildman–Crippen MR) is 175 cm³/mol. The first-order valence-corrected chi connectivity index (χ1v) is 16.2. The average Bonchev–Trinajstić information content (AvgIpc) is 3.76. The number of likely N-dealkylation sites (N-methyl/N-ethyl adjacent to an activating group) is 1. The van der Waals surface area contributed by atoms with Crippen molar-refractivity contribution in [2.75, 3.05) is 57.8 Å². The van der Waals surface area contributed by atoms with Crippen molar-refractivity contribution in [2.24, 2.45) is 0 Å². The fourth-order valence-corrected chi connectivity index (χ4v) is 6.06. The lowest BCUT2D eigenvalue weighted by molar-refractivity contribution is -0.133. The number of aromatic nitrogens is 4. The highest BCUT2D eigenvalue weighted by atomic mass is 16.5. The van der Waals surface area contributed by atoms with Crippen LogP contribution < -0.4 is 16.0 Å². The van der Waals surface area contributed by atoms with Gasteiger partial charge in [-0.25, -0.2) is 15.0 Å². The lowest BCUT2D eigenvalue weighted by atomic mass is 9.91. The van der Waals surface area contributed by atoms with Crippen LogP contribution in [0.4, 0.5) is 5.82 Å². The number of carbonyl (C=O) groups is 2. The van der Waals surface area contributed by atoms with Gasteiger partial charge in [-0.1, -0.05) is 60.7 Å². The van der Waals surface area contributed by atoms with Crippen LogP contribution in [0.2, 0.25) is 0 Å². The predicted octanol–water partition coefficient (Wildman–Crippen LogP) is 3.34. The van der Waals surface area contributed by atoms with Gasteiger partial charge >= 0.3 is 0 Å². The normalized spacial score (nSPS) is 18.6. The quantitative estimate of drug-likeness (QED) is 0.191. The van der Waals surface area contributed by atoms with E-state index in [-0.39, 0.29) is 23.6 Å². The Bertz CT molecular complexity index is 1550. The van der Waals surface area contributed by atoms with Crippen molar-refractivity contribution in [3.05, 3.63) is 83.9 Å². The van der Waals surface area contributed by atoms with Gasteiger partial charge in [0.05, 0.1) is 19.5 Å². The van der Waals surface area contributed by atoms with E-state index in [1.54, 1.807) is 6.33 Å². The molecule has 12 nitrogen and oxygen atoms in total. The molecule has 4 heterocycles. The number of nitrogens with one attached hydrogen (secondary N) is 3. The van der Waals surface area contributed by atoms with Gasteiger partial charge < -0.3 is 25.4 Å². The first-order chi connectivity index (χ1) is 22.6. The molecule has 2 fully saturated rings. The van der Waals surface area contributed by atoms with E-state index in [2.05, 4.69) is 55.1 Å². The van der Waals surface area contributed by atoms with Crippen LogP contribution >= 0.6 is 0 Å². The Balaban J connectivity index is 1.25. The van der Waals surface area contributed by atoms with Gasteiger partial charge in [-0.15, -0.1) is 0 Å². The second-order valence-corrected chi connectivity index (χ2v) is 11.6. The number of benzene rings is 2. The van der Waals surface area contributed by atoms with Crippen molar-refractivity contribution in [1.82, 2.24) is 35.1 Å². The highest BCUT2D eigenvalue weighted by Gasteiger charge is 2.33. The minimum atomic E-state index is -0.548. The first kappa shape index (κ1) is 31.6. The summed E-state index contributed by atoms with van der Waals surface area (Å²) in [4.78, 5) is 42.3. The summed E-state index contributed by atoms with van der Waals surface area (Å²) in [6.07, 6.45) is 2.68. The largest absolute Gasteiger partial charge is 0.379 e. The van der Waals surface area contributed by atoms with Crippen molar-refractivity contribution in [3.8, 4) is 0 Å². The van der Waals surface area contributed by atoms with Crippen LogP contribution in [-0.2, 0) is 14.3 Å². The molecular formula is C34H42N8O4. The smallest absolute Gasteiger partial charge is 0.289 e. The Hall–Kier alpha value is -4.39. The molecule has 0 bridgehead atoms. The van der Waals surface area contributed by atoms with Crippen molar-refractivity contribution in [1.29, 1.82) is 0 Å². The number of anilines is 1. The standard InChI is InChI=1S/C34H42N8O4/c1-2-35-33(43)27-14-15-28(46-27)42-23-38-29-30(37-22-26(24-10-5-3-6-11-24)25-12-7-4-8-13-25)39-31(40-32(29)42)34(44)36-16-9-17-41-18-20-45-21-19-41/h3-8,10-13,23,26-28H,2,9,14-22H2,1H3,(H,35,43)(H,36,44)(H,37,39,40). The molecule has 3 N–H and O–H groups in total. The molecule has 4 aromatic rings. The molecule has 242 valence electrons. The summed E-state index contributed by atoms with van der Waals surface area (Å²) >= 11 is 0. The van der Waals surface area contributed by atoms with Gasteiger partial charge in [0, 0.05) is 38.6 Å². The zero-order valence-electron chi connectivity index (χ0n) is 26.2. The van der Waals surface area contributed by atoms with E-state index in [0.29, 0.717) is 49.5 Å². The number of amides is 2. The molecule has 2 aliphatic rings. The van der Waals surface area contributed by atoms with Crippen LogP contribution in [-0.4, -0.2) is 94.8 Å². The topological polar surface area (TPSA) is 136 Å². The average molecular weight is 627 g/mol. The molecule has 2 saturated heterocycles. The number of hydrogen-bond acceptors (Lipinski definition) is 9. The number of nitrogens with zero attached hydrogens (tertiary/aromatic N) is 5. The molecule has 2 aromatic heterocycles. The fourth-order valence-electron chi connectivity index (χ4n) is 6.06. The molecule has 2 aromatic carbocycles. The number of morpholine rings is 1. The Morgan fingerprint density at radius 1 is 0.957 bits per heavy atom. The lowest BCUT2D eigenvalue weighted by Gasteiger charge is -2.26. The number of rotatable bonds is 13. The Labute approximate surface area is 268 Å². The van der Waals surface area contributed by atoms with E-state index >= 15 is 0 Å². The summed E-state index contributed by atoms with van der Waals surface area (Å²) in [6.45, 7) is 7.63. The van der Waals surface area contributed by atoms with Crippen LogP contribution in [0, 0.1) is 0 Å². The molecule has 12 heteroatoms. The van der Waals surface area contributed by atoms with E-state index in [1.807, 2.05) is 47.9 Å². The minimum absolute atomic E-state index is 0.0305. The van der Waals surface area contributed by atoms with E-state index in [0.717, 1.165) is 50.4 Å². The summed E-state index contributed by atoms with van der Waals surface area (Å²) in [7, 11) is 0. The molecule has 2 amide bonds. The molecule has 2 aliphatic heterocycles. The van der Waals surface area contributed by atoms with Crippen LogP contribution in [0.25, 0.3) is 11.2 Å². The van der Waals surface area contributed by atoms with E-state index < -0.39 is 12.3 Å². The highest BCUT2D eigenvalue weighted by molar-refractivity contribution is 5.94. The number of fused-ring (bicyclic) bond motifs is 1. The lowest BCUT2D eigenvalue weighted by Crippen LogP contribution is -2.38. The summed E-state index contributed by atoms with van der Waals surface area (Å²) in [5, 5.41) is 9.34. The van der Waals surface area contributed by atoms with Gasteiger partial charge in [0.1, 0.15) is 12.3 Å². The number of imidazole rings is 1. The number of carbonyl (C=O) groups excluding carboxylic acids is 2. The van der Waals surface area contributed by atoms with Crippen LogP contribution in [0.1, 0.15) is 60.1 Å². The third-order valence-electron chi connectivity index (χ3n) is 8.49. The molecule has 46 heavy (non-hydrogen) atoms. The maximum atomic E-state index is 13.4. The number of ether oxygens (including phenoxy) is 2. The summed E-state index contributed by atoms with van der Waals surface area (Å²) in [5.41, 5.74) is 3.33. The van der Waals surface area contributed by atoms with E-state index in [1.165, 1.54) is 0 Å². The summed E-state index contributed by atoms with van der Waals surface area (Å²) < 4.78 is 13.4. The van der Waals surface area contributed by atoms with Crippen molar-refractivity contribution >= 4 is 28.8 Å². The van der Waals surface area contributed by atoms with Gasteiger partial charge in [0.2, 0.25) is 11.7 Å². The second-order valence-electron chi connectivity index (χ2n) is 11.6. The van der Waals surface area contributed by atoms with Crippen LogP contribution in [0.3, 0.4) is 0 Å². The SMILES string of the molecule is CCNC(=O)C1CCC(n2cnc3c(NCC(c4ccccc4)c4ccccc4)nc(C(=O)NCCCN4CCOCC4)nc32)O1. The maximum absolute atomic E-state index is 13.4. The molecule has 2 unspecified atom stereocenters. The molecule has 0 spiro atoms. The summed E-state index contributed by atoms with van der Waals surface area (Å²) in [6, 6.07) is 20.6. The second kappa shape index (κ2) is 15.3. The van der Waals surface area contributed by atoms with Gasteiger partial charge in [0.25, 0.3) is 5.91 Å². The van der Waals surface area contributed by atoms with E-state index in [9.17, 15) is 9.59 Å². The van der Waals surface area contributed by atoms with Crippen molar-refractivity contribution < 1.29 is 19.1 Å². The highest BCUT2D eigenvalue weighted by Crippen LogP contribution is 2.32. The van der Waals surface area contributed by atoms with Crippen LogP contribution in [0.5, 0.6) is 0 Å². The van der Waals surface area contributed by atoms with Gasteiger partial charge in [0.15, 0.2) is 17.0 Å². The number of hydrogen-bond donors (Lipinski definition) is 3. The monoisotopic (exact) mass is 626 g/mol. The Kier molecular flexibility index (Phi) is 10.5. The fraction of sp³-hybridized carbons (Fsp3) is 0.441. The molecule has 2 atom stereocenters. The Morgan fingerprint density at radius 3 is 2.37 bits per heavy atom. The van der Waals surface area contributed by atoms with Gasteiger partial charge in [-0.2, -0.15) is 0 Å². The van der Waals surface area contributed by atoms with Crippen molar-refractivity contribution in [2.45, 2.75) is 44.4 Å². The zero-order chi connectivity index (χ0) is 31.7. The van der Waals surface area contributed by atoms with Crippen molar-refractivity contribution in [3.63, 3.8) is 0 Å². The first-order valence-electron chi connectivity index (χ1n) is 16.2. The molecular weight excluding hydrogens is 584 g/mol. The minimum Gasteiger partial charge on any atom is -0.379 e. The van der Waals surface area contributed by atoms with E-state index in [4.69, 9.17) is 14.5 Å². The molecule has 0 radical (unpaired) electrons. The molecule has 6 rings (SSSR count). The third-order valence-corrected chi connectivity index (χ3v) is 8.49. The van der Waals surface area contributed by atoms with Crippen LogP contribution in [0.15, 0.2) is 67.0 Å². The third kappa shape index (κ3) is 7.52. The Morgan fingerprint density at radius 2 is 1.67 bits per heavy atom. The van der Waals surface area contributed by atoms with Gasteiger partial charge in [-0.05, 0) is 43.9 Å². The zero-order valence-corrected chi connectivity index (χ0v) is 26.2.